The minimum Gasteiger partial charge on any atom is -0.383 e. The molecule has 0 aliphatic heterocycles. The van der Waals surface area contributed by atoms with E-state index >= 15 is 0 Å². The van der Waals surface area contributed by atoms with Gasteiger partial charge in [0.25, 0.3) is 0 Å². The van der Waals surface area contributed by atoms with Crippen LogP contribution >= 0.6 is 11.3 Å². The van der Waals surface area contributed by atoms with Gasteiger partial charge in [-0.05, 0) is 12.8 Å². The molecule has 0 saturated heterocycles. The maximum absolute atomic E-state index is 11.8. The van der Waals surface area contributed by atoms with Gasteiger partial charge in [0, 0.05) is 38.6 Å². The Bertz CT molecular complexity index is 426. The molecular formula is C13H20N2O3S. The molecule has 0 amide bonds. The molecule has 0 atom stereocenters. The summed E-state index contributed by atoms with van der Waals surface area (Å²) in [6.45, 7) is 2.81. The summed E-state index contributed by atoms with van der Waals surface area (Å²) in [5, 5.41) is 0.911. The molecule has 6 heteroatoms. The maximum Gasteiger partial charge on any atom is 0.186 e. The van der Waals surface area contributed by atoms with Crippen molar-refractivity contribution in [2.75, 3.05) is 45.4 Å². The van der Waals surface area contributed by atoms with E-state index in [0.717, 1.165) is 35.9 Å². The standard InChI is InChI=1S/C13H20N2O3S/c1-17-8-6-15(7-9-18-2)13-14-12-10(16)4-3-5-11(12)19-13/h3-9H2,1-2H3. The normalized spacial score (nSPS) is 14.5. The van der Waals surface area contributed by atoms with E-state index in [9.17, 15) is 4.79 Å². The lowest BCUT2D eigenvalue weighted by Crippen LogP contribution is -2.30. The van der Waals surface area contributed by atoms with Gasteiger partial charge in [-0.2, -0.15) is 0 Å². The number of ketones is 1. The fourth-order valence-corrected chi connectivity index (χ4v) is 3.27. The Morgan fingerprint density at radius 2 is 1.89 bits per heavy atom. The fourth-order valence-electron chi connectivity index (χ4n) is 2.10. The van der Waals surface area contributed by atoms with Gasteiger partial charge in [-0.15, -0.1) is 11.3 Å². The van der Waals surface area contributed by atoms with Crippen molar-refractivity contribution in [3.8, 4) is 0 Å². The lowest BCUT2D eigenvalue weighted by atomic mass is 10.0. The summed E-state index contributed by atoms with van der Waals surface area (Å²) in [6.07, 6.45) is 2.55. The molecule has 0 spiro atoms. The molecule has 0 unspecified atom stereocenters. The molecule has 1 aromatic heterocycles. The number of hydrogen-bond donors (Lipinski definition) is 0. The van der Waals surface area contributed by atoms with Crippen LogP contribution in [0.4, 0.5) is 5.13 Å². The number of Topliss-reactive ketones (excluding diaryl/α,β-unsaturated/α-hetero) is 1. The van der Waals surface area contributed by atoms with Crippen LogP contribution in [0.3, 0.4) is 0 Å². The third-order valence-electron chi connectivity index (χ3n) is 3.16. The Morgan fingerprint density at radius 1 is 1.21 bits per heavy atom. The second-order valence-corrected chi connectivity index (χ2v) is 5.58. The molecule has 2 rings (SSSR count). The summed E-state index contributed by atoms with van der Waals surface area (Å²) >= 11 is 1.63. The Labute approximate surface area is 117 Å². The molecule has 1 aliphatic rings. The van der Waals surface area contributed by atoms with Gasteiger partial charge in [0.05, 0.1) is 13.2 Å². The van der Waals surface area contributed by atoms with Gasteiger partial charge in [-0.1, -0.05) is 0 Å². The van der Waals surface area contributed by atoms with E-state index in [1.165, 1.54) is 0 Å². The van der Waals surface area contributed by atoms with Gasteiger partial charge in [0.2, 0.25) is 0 Å². The number of anilines is 1. The highest BCUT2D eigenvalue weighted by Crippen LogP contribution is 2.31. The third kappa shape index (κ3) is 3.52. The van der Waals surface area contributed by atoms with Gasteiger partial charge in [-0.3, -0.25) is 4.79 Å². The summed E-state index contributed by atoms with van der Waals surface area (Å²) in [5.41, 5.74) is 0.686. The second kappa shape index (κ2) is 6.98. The van der Waals surface area contributed by atoms with Gasteiger partial charge < -0.3 is 14.4 Å². The van der Waals surface area contributed by atoms with Crippen molar-refractivity contribution in [3.63, 3.8) is 0 Å². The molecule has 0 radical (unpaired) electrons. The van der Waals surface area contributed by atoms with Crippen LogP contribution < -0.4 is 4.90 Å². The molecule has 0 saturated carbocycles. The molecule has 5 nitrogen and oxygen atoms in total. The zero-order valence-electron chi connectivity index (χ0n) is 11.5. The Balaban J connectivity index is 2.13. The van der Waals surface area contributed by atoms with E-state index in [1.54, 1.807) is 25.6 Å². The predicted octanol–water partition coefficient (Wildman–Crippen LogP) is 1.76. The number of aromatic nitrogens is 1. The highest BCUT2D eigenvalue weighted by atomic mass is 32.1. The number of methoxy groups -OCH3 is 2. The molecule has 1 aliphatic carbocycles. The topological polar surface area (TPSA) is 51.7 Å². The Kier molecular flexibility index (Phi) is 5.30. The number of aryl methyl sites for hydroxylation is 1. The van der Waals surface area contributed by atoms with E-state index in [0.29, 0.717) is 25.3 Å². The van der Waals surface area contributed by atoms with E-state index in [2.05, 4.69) is 9.88 Å². The first kappa shape index (κ1) is 14.4. The summed E-state index contributed by atoms with van der Waals surface area (Å²) in [7, 11) is 3.37. The van der Waals surface area contributed by atoms with Crippen molar-refractivity contribution in [1.29, 1.82) is 0 Å². The predicted molar refractivity (Wildman–Crippen MR) is 75.3 cm³/mol. The average molecular weight is 284 g/mol. The van der Waals surface area contributed by atoms with Crippen LogP contribution in [0.15, 0.2) is 0 Å². The van der Waals surface area contributed by atoms with Gasteiger partial charge >= 0.3 is 0 Å². The smallest absolute Gasteiger partial charge is 0.186 e. The average Bonchev–Trinajstić information content (AvgIpc) is 2.84. The lowest BCUT2D eigenvalue weighted by Gasteiger charge is -2.20. The monoisotopic (exact) mass is 284 g/mol. The molecular weight excluding hydrogens is 264 g/mol. The van der Waals surface area contributed by atoms with Crippen molar-refractivity contribution in [1.82, 2.24) is 4.98 Å². The van der Waals surface area contributed by atoms with Crippen molar-refractivity contribution >= 4 is 22.3 Å². The molecule has 1 heterocycles. The molecule has 19 heavy (non-hydrogen) atoms. The third-order valence-corrected chi connectivity index (χ3v) is 4.33. The van der Waals surface area contributed by atoms with Crippen LogP contribution in [0.2, 0.25) is 0 Å². The minimum atomic E-state index is 0.183. The highest BCUT2D eigenvalue weighted by molar-refractivity contribution is 7.16. The van der Waals surface area contributed by atoms with Crippen LogP contribution in [0.5, 0.6) is 0 Å². The zero-order chi connectivity index (χ0) is 13.7. The van der Waals surface area contributed by atoms with E-state index in [-0.39, 0.29) is 5.78 Å². The Morgan fingerprint density at radius 3 is 2.47 bits per heavy atom. The fraction of sp³-hybridized carbons (Fsp3) is 0.692. The summed E-state index contributed by atoms with van der Waals surface area (Å²) in [6, 6.07) is 0. The van der Waals surface area contributed by atoms with Crippen molar-refractivity contribution in [3.05, 3.63) is 10.6 Å². The molecule has 0 aromatic carbocycles. The van der Waals surface area contributed by atoms with Gasteiger partial charge in [0.15, 0.2) is 10.9 Å². The Hall–Kier alpha value is -0.980. The van der Waals surface area contributed by atoms with Crippen molar-refractivity contribution in [2.45, 2.75) is 19.3 Å². The number of nitrogens with zero attached hydrogens (tertiary/aromatic N) is 2. The number of hydrogen-bond acceptors (Lipinski definition) is 6. The minimum absolute atomic E-state index is 0.183. The molecule has 0 N–H and O–H groups in total. The quantitative estimate of drug-likeness (QED) is 0.763. The van der Waals surface area contributed by atoms with Crippen LogP contribution in [0, 0.1) is 0 Å². The number of fused-ring (bicyclic) bond motifs is 1. The summed E-state index contributed by atoms with van der Waals surface area (Å²) < 4.78 is 10.2. The first-order chi connectivity index (χ1) is 9.26. The van der Waals surface area contributed by atoms with Crippen LogP contribution in [-0.2, 0) is 15.9 Å². The number of carbonyl (C=O) groups is 1. The van der Waals surface area contributed by atoms with Crippen molar-refractivity contribution < 1.29 is 14.3 Å². The van der Waals surface area contributed by atoms with E-state index in [4.69, 9.17) is 9.47 Å². The van der Waals surface area contributed by atoms with Crippen LogP contribution in [0.25, 0.3) is 0 Å². The SMILES string of the molecule is COCCN(CCOC)c1nc2c(s1)CCCC2=O. The molecule has 106 valence electrons. The van der Waals surface area contributed by atoms with Crippen LogP contribution in [-0.4, -0.2) is 51.3 Å². The number of ether oxygens (including phenoxy) is 2. The van der Waals surface area contributed by atoms with E-state index < -0.39 is 0 Å². The molecule has 0 fully saturated rings. The van der Waals surface area contributed by atoms with Gasteiger partial charge in [-0.25, -0.2) is 4.98 Å². The summed E-state index contributed by atoms with van der Waals surface area (Å²) in [4.78, 5) is 19.6. The van der Waals surface area contributed by atoms with Crippen LogP contribution in [0.1, 0.15) is 28.2 Å². The van der Waals surface area contributed by atoms with Crippen molar-refractivity contribution in [2.24, 2.45) is 0 Å². The lowest BCUT2D eigenvalue weighted by molar-refractivity contribution is 0.0968. The number of carbonyl (C=O) groups excluding carboxylic acids is 1. The first-order valence-corrected chi connectivity index (χ1v) is 7.33. The molecule has 1 aromatic rings. The number of thiazole rings is 1. The molecule has 0 bridgehead atoms. The zero-order valence-corrected chi connectivity index (χ0v) is 12.3. The largest absolute Gasteiger partial charge is 0.383 e. The maximum atomic E-state index is 11.8. The highest BCUT2D eigenvalue weighted by Gasteiger charge is 2.24. The summed E-state index contributed by atoms with van der Waals surface area (Å²) in [5.74, 6) is 0.183. The van der Waals surface area contributed by atoms with E-state index in [1.807, 2.05) is 0 Å². The number of rotatable bonds is 7. The van der Waals surface area contributed by atoms with Gasteiger partial charge in [0.1, 0.15) is 5.69 Å². The second-order valence-electron chi connectivity index (χ2n) is 4.52. The first-order valence-electron chi connectivity index (χ1n) is 6.52.